The van der Waals surface area contributed by atoms with E-state index in [0.717, 1.165) is 5.56 Å². The first-order valence-electron chi connectivity index (χ1n) is 4.98. The highest BCUT2D eigenvalue weighted by atomic mass is 32.1. The third-order valence-corrected chi connectivity index (χ3v) is 3.05. The summed E-state index contributed by atoms with van der Waals surface area (Å²) in [6.07, 6.45) is 1.49. The molecule has 7 heteroatoms. The smallest absolute Gasteiger partial charge is 0.377 e. The molecule has 0 aliphatic rings. The first-order chi connectivity index (χ1) is 8.26. The number of thiophene rings is 1. The van der Waals surface area contributed by atoms with Crippen LogP contribution in [-0.2, 0) is 4.74 Å². The molecule has 0 aliphatic carbocycles. The maximum absolute atomic E-state index is 11.2. The van der Waals surface area contributed by atoms with Crippen molar-refractivity contribution >= 4 is 17.3 Å². The first-order valence-corrected chi connectivity index (χ1v) is 5.92. The molecule has 6 nitrogen and oxygen atoms in total. The number of hydrogen-bond donors (Lipinski definition) is 1. The Kier molecular flexibility index (Phi) is 3.50. The van der Waals surface area contributed by atoms with E-state index < -0.39 is 5.97 Å². The van der Waals surface area contributed by atoms with Gasteiger partial charge in [0.25, 0.3) is 5.82 Å². The molecule has 2 rings (SSSR count). The van der Waals surface area contributed by atoms with E-state index in [1.165, 1.54) is 13.4 Å². The predicted octanol–water partition coefficient (Wildman–Crippen LogP) is 0.674. The van der Waals surface area contributed by atoms with Crippen molar-refractivity contribution in [1.82, 2.24) is 14.8 Å². The maximum atomic E-state index is 11.2. The number of carbonyl (C=O) groups is 1. The van der Waals surface area contributed by atoms with Crippen molar-refractivity contribution in [2.45, 2.75) is 6.04 Å². The molecule has 2 N–H and O–H groups in total. The highest BCUT2D eigenvalue weighted by Gasteiger charge is 2.17. The van der Waals surface area contributed by atoms with Crippen molar-refractivity contribution in [3.05, 3.63) is 34.5 Å². The van der Waals surface area contributed by atoms with Crippen LogP contribution in [0.5, 0.6) is 0 Å². The van der Waals surface area contributed by atoms with Gasteiger partial charge in [0, 0.05) is 6.54 Å². The molecular weight excluding hydrogens is 240 g/mol. The van der Waals surface area contributed by atoms with Crippen molar-refractivity contribution in [3.8, 4) is 0 Å². The Morgan fingerprint density at radius 3 is 3.12 bits per heavy atom. The molecule has 1 atom stereocenters. The van der Waals surface area contributed by atoms with E-state index in [9.17, 15) is 4.79 Å². The summed E-state index contributed by atoms with van der Waals surface area (Å²) in [5.74, 6) is -0.508. The zero-order valence-electron chi connectivity index (χ0n) is 9.24. The average molecular weight is 252 g/mol. The highest BCUT2D eigenvalue weighted by Crippen LogP contribution is 2.18. The molecule has 0 amide bonds. The molecule has 0 spiro atoms. The first kappa shape index (κ1) is 11.7. The largest absolute Gasteiger partial charge is 0.463 e. The third kappa shape index (κ3) is 2.34. The van der Waals surface area contributed by atoms with Gasteiger partial charge in [-0.15, -0.1) is 5.10 Å². The van der Waals surface area contributed by atoms with Gasteiger partial charge >= 0.3 is 5.97 Å². The molecule has 2 aromatic rings. The highest BCUT2D eigenvalue weighted by molar-refractivity contribution is 7.07. The van der Waals surface area contributed by atoms with Crippen molar-refractivity contribution < 1.29 is 9.53 Å². The summed E-state index contributed by atoms with van der Waals surface area (Å²) in [7, 11) is 1.29. The molecule has 0 saturated heterocycles. The van der Waals surface area contributed by atoms with Crippen LogP contribution >= 0.6 is 11.3 Å². The molecular formula is C10H12N4O2S. The van der Waals surface area contributed by atoms with Crippen molar-refractivity contribution in [1.29, 1.82) is 0 Å². The molecule has 0 bridgehead atoms. The Labute approximate surface area is 102 Å². The van der Waals surface area contributed by atoms with E-state index in [1.807, 2.05) is 16.8 Å². The van der Waals surface area contributed by atoms with Gasteiger partial charge in [-0.3, -0.25) is 0 Å². The van der Waals surface area contributed by atoms with Crippen LogP contribution in [0.4, 0.5) is 0 Å². The second-order valence-corrected chi connectivity index (χ2v) is 4.13. The molecule has 2 heterocycles. The normalized spacial score (nSPS) is 12.4. The molecule has 17 heavy (non-hydrogen) atoms. The summed E-state index contributed by atoms with van der Waals surface area (Å²) >= 11 is 1.59. The SMILES string of the molecule is COC(=O)c1ncn(C(CN)c2ccsc2)n1. The van der Waals surface area contributed by atoms with Crippen LogP contribution in [-0.4, -0.2) is 34.4 Å². The van der Waals surface area contributed by atoms with E-state index in [4.69, 9.17) is 5.73 Å². The molecule has 0 aliphatic heterocycles. The van der Waals surface area contributed by atoms with Gasteiger partial charge in [0.15, 0.2) is 0 Å². The van der Waals surface area contributed by atoms with Gasteiger partial charge in [0.1, 0.15) is 6.33 Å². The second kappa shape index (κ2) is 5.07. The van der Waals surface area contributed by atoms with Crippen LogP contribution in [0, 0.1) is 0 Å². The second-order valence-electron chi connectivity index (χ2n) is 3.35. The van der Waals surface area contributed by atoms with E-state index in [1.54, 1.807) is 16.0 Å². The summed E-state index contributed by atoms with van der Waals surface area (Å²) in [6.45, 7) is 0.390. The molecule has 0 radical (unpaired) electrons. The van der Waals surface area contributed by atoms with Gasteiger partial charge in [-0.25, -0.2) is 14.5 Å². The monoisotopic (exact) mass is 252 g/mol. The lowest BCUT2D eigenvalue weighted by Crippen LogP contribution is -2.21. The predicted molar refractivity (Wildman–Crippen MR) is 62.9 cm³/mol. The van der Waals surface area contributed by atoms with Crippen LogP contribution in [0.25, 0.3) is 0 Å². The summed E-state index contributed by atoms with van der Waals surface area (Å²) in [6, 6.07) is 1.87. The Bertz CT molecular complexity index is 494. The lowest BCUT2D eigenvalue weighted by atomic mass is 10.1. The van der Waals surface area contributed by atoms with Crippen molar-refractivity contribution in [3.63, 3.8) is 0 Å². The van der Waals surface area contributed by atoms with E-state index in [0.29, 0.717) is 6.54 Å². The van der Waals surface area contributed by atoms with Crippen molar-refractivity contribution in [2.24, 2.45) is 5.73 Å². The number of esters is 1. The summed E-state index contributed by atoms with van der Waals surface area (Å²) in [4.78, 5) is 15.1. The zero-order valence-corrected chi connectivity index (χ0v) is 10.1. The van der Waals surface area contributed by atoms with E-state index >= 15 is 0 Å². The summed E-state index contributed by atoms with van der Waals surface area (Å²) in [5, 5.41) is 8.03. The van der Waals surface area contributed by atoms with Crippen LogP contribution < -0.4 is 5.73 Å². The quantitative estimate of drug-likeness (QED) is 0.809. The topological polar surface area (TPSA) is 83.0 Å². The number of nitrogens with two attached hydrogens (primary N) is 1. The molecule has 0 aromatic carbocycles. The van der Waals surface area contributed by atoms with Gasteiger partial charge < -0.3 is 10.5 Å². The number of methoxy groups -OCH3 is 1. The minimum absolute atomic E-state index is 0.0428. The van der Waals surface area contributed by atoms with Gasteiger partial charge in [0.05, 0.1) is 13.2 Å². The lowest BCUT2D eigenvalue weighted by molar-refractivity contribution is 0.0586. The average Bonchev–Trinajstić information content (AvgIpc) is 3.00. The Morgan fingerprint density at radius 1 is 1.71 bits per heavy atom. The minimum atomic E-state index is -0.551. The van der Waals surface area contributed by atoms with Gasteiger partial charge in [-0.1, -0.05) is 0 Å². The number of ether oxygens (including phenoxy) is 1. The molecule has 90 valence electrons. The van der Waals surface area contributed by atoms with Crippen LogP contribution in [0.15, 0.2) is 23.2 Å². The fourth-order valence-corrected chi connectivity index (χ4v) is 2.18. The number of carbonyl (C=O) groups excluding carboxylic acids is 1. The van der Waals surface area contributed by atoms with Gasteiger partial charge in [-0.2, -0.15) is 11.3 Å². The Morgan fingerprint density at radius 2 is 2.53 bits per heavy atom. The molecule has 2 aromatic heterocycles. The fraction of sp³-hybridized carbons (Fsp3) is 0.300. The number of aromatic nitrogens is 3. The van der Waals surface area contributed by atoms with E-state index in [-0.39, 0.29) is 11.9 Å². The summed E-state index contributed by atoms with van der Waals surface area (Å²) < 4.78 is 6.12. The molecule has 0 saturated carbocycles. The van der Waals surface area contributed by atoms with Gasteiger partial charge in [-0.05, 0) is 22.4 Å². The number of rotatable bonds is 4. The number of hydrogen-bond acceptors (Lipinski definition) is 6. The van der Waals surface area contributed by atoms with Crippen LogP contribution in [0.1, 0.15) is 22.2 Å². The molecule has 1 unspecified atom stereocenters. The van der Waals surface area contributed by atoms with Crippen LogP contribution in [0.2, 0.25) is 0 Å². The van der Waals surface area contributed by atoms with Crippen molar-refractivity contribution in [2.75, 3.05) is 13.7 Å². The van der Waals surface area contributed by atoms with E-state index in [2.05, 4.69) is 14.8 Å². The third-order valence-electron chi connectivity index (χ3n) is 2.35. The summed E-state index contributed by atoms with van der Waals surface area (Å²) in [5.41, 5.74) is 6.77. The van der Waals surface area contributed by atoms with Gasteiger partial charge in [0.2, 0.25) is 0 Å². The maximum Gasteiger partial charge on any atom is 0.377 e. The van der Waals surface area contributed by atoms with Crippen LogP contribution in [0.3, 0.4) is 0 Å². The standard InChI is InChI=1S/C10H12N4O2S/c1-16-10(15)9-12-6-14(13-9)8(4-11)7-2-3-17-5-7/h2-3,5-6,8H,4,11H2,1H3. The zero-order chi connectivity index (χ0) is 12.3. The lowest BCUT2D eigenvalue weighted by Gasteiger charge is -2.12. The fourth-order valence-electron chi connectivity index (χ4n) is 1.47. The minimum Gasteiger partial charge on any atom is -0.463 e. The Balaban J connectivity index is 2.26. The molecule has 0 fully saturated rings. The Hall–Kier alpha value is -1.73. The number of nitrogens with zero attached hydrogens (tertiary/aromatic N) is 3.